The van der Waals surface area contributed by atoms with Gasteiger partial charge in [0.05, 0.1) is 13.7 Å². The summed E-state index contributed by atoms with van der Waals surface area (Å²) in [6.07, 6.45) is 0. The predicted octanol–water partition coefficient (Wildman–Crippen LogP) is 0.490. The molecule has 0 amide bonds. The molecule has 1 rings (SSSR count). The molecule has 0 aromatic heterocycles. The fourth-order valence-electron chi connectivity index (χ4n) is 1.12. The molecule has 1 aromatic carbocycles. The lowest BCUT2D eigenvalue weighted by Crippen LogP contribution is -2.16. The summed E-state index contributed by atoms with van der Waals surface area (Å²) in [5.41, 5.74) is 1.89. The fraction of sp³-hybridized carbons (Fsp3) is 0.333. The zero-order chi connectivity index (χ0) is 10.6. The van der Waals surface area contributed by atoms with Crippen molar-refractivity contribution in [2.24, 2.45) is 0 Å². The van der Waals surface area contributed by atoms with Crippen molar-refractivity contribution in [2.75, 3.05) is 7.11 Å². The molecular weight excluding hydrogens is 183 g/mol. The average molecular weight is 196 g/mol. The lowest BCUT2D eigenvalue weighted by molar-refractivity contribution is 0.176. The highest BCUT2D eigenvalue weighted by Crippen LogP contribution is 2.17. The van der Waals surface area contributed by atoms with Crippen molar-refractivity contribution < 1.29 is 19.4 Å². The smallest absolute Gasteiger partial charge is 0.497 e. The van der Waals surface area contributed by atoms with Gasteiger partial charge in [-0.2, -0.15) is 0 Å². The highest BCUT2D eigenvalue weighted by Gasteiger charge is 2.09. The van der Waals surface area contributed by atoms with E-state index in [1.165, 1.54) is 0 Å². The monoisotopic (exact) mass is 196 g/mol. The van der Waals surface area contributed by atoms with Gasteiger partial charge in [-0.1, -0.05) is 6.07 Å². The molecule has 0 fully saturated rings. The average Bonchev–Trinajstić information content (AvgIpc) is 2.15. The van der Waals surface area contributed by atoms with Crippen molar-refractivity contribution in [3.05, 3.63) is 29.3 Å². The van der Waals surface area contributed by atoms with E-state index < -0.39 is 7.32 Å². The minimum Gasteiger partial charge on any atom is -0.497 e. The molecule has 0 bridgehead atoms. The van der Waals surface area contributed by atoms with E-state index >= 15 is 0 Å². The Morgan fingerprint density at radius 2 is 2.07 bits per heavy atom. The van der Waals surface area contributed by atoms with Crippen LogP contribution >= 0.6 is 0 Å². The number of hydrogen-bond donors (Lipinski definition) is 2. The molecule has 0 spiro atoms. The second kappa shape index (κ2) is 5.00. The SMILES string of the molecule is COc1ccc(COB(O)O)c(C)c1. The number of ether oxygens (including phenoxy) is 1. The summed E-state index contributed by atoms with van der Waals surface area (Å²) in [5, 5.41) is 17.0. The van der Waals surface area contributed by atoms with Gasteiger partial charge in [0.1, 0.15) is 5.75 Å². The van der Waals surface area contributed by atoms with Gasteiger partial charge in [0.2, 0.25) is 0 Å². The molecule has 4 nitrogen and oxygen atoms in total. The summed E-state index contributed by atoms with van der Waals surface area (Å²) >= 11 is 0. The Morgan fingerprint density at radius 1 is 1.36 bits per heavy atom. The highest BCUT2D eigenvalue weighted by atomic mass is 16.6. The Balaban J connectivity index is 2.69. The van der Waals surface area contributed by atoms with Crippen molar-refractivity contribution in [2.45, 2.75) is 13.5 Å². The van der Waals surface area contributed by atoms with E-state index in [9.17, 15) is 0 Å². The molecule has 0 aliphatic heterocycles. The van der Waals surface area contributed by atoms with E-state index in [0.717, 1.165) is 16.9 Å². The summed E-state index contributed by atoms with van der Waals surface area (Å²) in [7, 11) is -0.126. The zero-order valence-electron chi connectivity index (χ0n) is 8.23. The first-order valence-corrected chi connectivity index (χ1v) is 4.24. The Bertz CT molecular complexity index is 301. The molecule has 0 saturated carbocycles. The van der Waals surface area contributed by atoms with Crippen molar-refractivity contribution in [3.8, 4) is 5.75 Å². The van der Waals surface area contributed by atoms with Gasteiger partial charge in [-0.3, -0.25) is 0 Å². The van der Waals surface area contributed by atoms with Gasteiger partial charge < -0.3 is 19.4 Å². The largest absolute Gasteiger partial charge is 0.634 e. The molecule has 0 aliphatic rings. The van der Waals surface area contributed by atoms with E-state index in [1.807, 2.05) is 19.1 Å². The minimum atomic E-state index is -1.73. The second-order valence-electron chi connectivity index (χ2n) is 2.93. The fourth-order valence-corrected chi connectivity index (χ4v) is 1.12. The Labute approximate surface area is 83.3 Å². The molecule has 0 unspecified atom stereocenters. The lowest BCUT2D eigenvalue weighted by atomic mass is 10.1. The maximum absolute atomic E-state index is 8.51. The molecular formula is C9H13BO4. The van der Waals surface area contributed by atoms with Crippen molar-refractivity contribution in [3.63, 3.8) is 0 Å². The summed E-state index contributed by atoms with van der Waals surface area (Å²) in [6.45, 7) is 2.08. The summed E-state index contributed by atoms with van der Waals surface area (Å²) < 4.78 is 9.69. The van der Waals surface area contributed by atoms with Crippen LogP contribution in [0, 0.1) is 6.92 Å². The molecule has 0 aliphatic carbocycles. The third-order valence-electron chi connectivity index (χ3n) is 1.94. The first kappa shape index (κ1) is 11.0. The van der Waals surface area contributed by atoms with Gasteiger partial charge in [-0.25, -0.2) is 0 Å². The van der Waals surface area contributed by atoms with Crippen LogP contribution in [0.3, 0.4) is 0 Å². The van der Waals surface area contributed by atoms with E-state index in [1.54, 1.807) is 13.2 Å². The Morgan fingerprint density at radius 3 is 2.57 bits per heavy atom. The van der Waals surface area contributed by atoms with E-state index in [4.69, 9.17) is 14.8 Å². The third kappa shape index (κ3) is 3.03. The molecule has 5 heteroatoms. The molecule has 1 aromatic rings. The first-order chi connectivity index (χ1) is 6.63. The number of methoxy groups -OCH3 is 1. The maximum Gasteiger partial charge on any atom is 0.634 e. The number of aryl methyl sites for hydroxylation is 1. The van der Waals surface area contributed by atoms with Crippen LogP contribution in [-0.4, -0.2) is 24.5 Å². The molecule has 0 saturated heterocycles. The lowest BCUT2D eigenvalue weighted by Gasteiger charge is -2.08. The molecule has 0 atom stereocenters. The van der Waals surface area contributed by atoms with Crippen LogP contribution in [0.5, 0.6) is 5.75 Å². The van der Waals surface area contributed by atoms with Crippen molar-refractivity contribution in [1.29, 1.82) is 0 Å². The van der Waals surface area contributed by atoms with Crippen LogP contribution in [0.1, 0.15) is 11.1 Å². The van der Waals surface area contributed by atoms with Gasteiger partial charge in [-0.05, 0) is 30.2 Å². The standard InChI is InChI=1S/C9H13BO4/c1-7-5-9(13-2)4-3-8(7)6-14-10(11)12/h3-5,11-12H,6H2,1-2H3. The topological polar surface area (TPSA) is 58.9 Å². The number of benzene rings is 1. The summed E-state index contributed by atoms with van der Waals surface area (Å²) in [6, 6.07) is 5.49. The molecule has 14 heavy (non-hydrogen) atoms. The van der Waals surface area contributed by atoms with Crippen LogP contribution in [0.2, 0.25) is 0 Å². The van der Waals surface area contributed by atoms with Gasteiger partial charge in [0.15, 0.2) is 0 Å². The van der Waals surface area contributed by atoms with Gasteiger partial charge in [0.25, 0.3) is 0 Å². The molecule has 0 radical (unpaired) electrons. The Kier molecular flexibility index (Phi) is 3.94. The van der Waals surface area contributed by atoms with E-state index in [0.29, 0.717) is 0 Å². The predicted molar refractivity (Wildman–Crippen MR) is 52.7 cm³/mol. The maximum atomic E-state index is 8.51. The molecule has 0 heterocycles. The summed E-state index contributed by atoms with van der Waals surface area (Å²) in [5.74, 6) is 0.774. The third-order valence-corrected chi connectivity index (χ3v) is 1.94. The Hall–Kier alpha value is -1.04. The van der Waals surface area contributed by atoms with E-state index in [-0.39, 0.29) is 6.61 Å². The van der Waals surface area contributed by atoms with Gasteiger partial charge >= 0.3 is 7.32 Å². The normalized spacial score (nSPS) is 10.0. The van der Waals surface area contributed by atoms with Crippen LogP contribution in [0.4, 0.5) is 0 Å². The number of hydrogen-bond acceptors (Lipinski definition) is 4. The van der Waals surface area contributed by atoms with Crippen LogP contribution in [0.15, 0.2) is 18.2 Å². The van der Waals surface area contributed by atoms with Crippen LogP contribution in [0.25, 0.3) is 0 Å². The summed E-state index contributed by atoms with van der Waals surface area (Å²) in [4.78, 5) is 0. The van der Waals surface area contributed by atoms with Crippen molar-refractivity contribution >= 4 is 7.32 Å². The zero-order valence-corrected chi connectivity index (χ0v) is 8.23. The molecule has 2 N–H and O–H groups in total. The second-order valence-corrected chi connectivity index (χ2v) is 2.93. The van der Waals surface area contributed by atoms with Crippen LogP contribution in [-0.2, 0) is 11.3 Å². The van der Waals surface area contributed by atoms with Gasteiger partial charge in [0, 0.05) is 0 Å². The number of rotatable bonds is 4. The van der Waals surface area contributed by atoms with Gasteiger partial charge in [-0.15, -0.1) is 0 Å². The quantitative estimate of drug-likeness (QED) is 0.688. The van der Waals surface area contributed by atoms with E-state index in [2.05, 4.69) is 4.65 Å². The van der Waals surface area contributed by atoms with Crippen LogP contribution < -0.4 is 4.74 Å². The first-order valence-electron chi connectivity index (χ1n) is 4.24. The molecule has 76 valence electrons. The van der Waals surface area contributed by atoms with Crippen molar-refractivity contribution in [1.82, 2.24) is 0 Å². The minimum absolute atomic E-state index is 0.174. The highest BCUT2D eigenvalue weighted by molar-refractivity contribution is 6.32.